The van der Waals surface area contributed by atoms with Gasteiger partial charge in [0.15, 0.2) is 0 Å². The van der Waals surface area contributed by atoms with E-state index in [0.717, 1.165) is 14.7 Å². The lowest BCUT2D eigenvalue weighted by atomic mass is 10.0. The molecule has 0 heterocycles. The van der Waals surface area contributed by atoms with Crippen LogP contribution in [0.2, 0.25) is 0 Å². The third kappa shape index (κ3) is 2.18. The summed E-state index contributed by atoms with van der Waals surface area (Å²) >= 11 is 2.23. The monoisotopic (exact) mass is 277 g/mol. The smallest absolute Gasteiger partial charge is 0.0624 e. The number of hydrogen-bond acceptors (Lipinski definition) is 2. The van der Waals surface area contributed by atoms with E-state index in [1.165, 1.54) is 0 Å². The molecule has 1 rings (SSSR count). The second-order valence-corrected chi connectivity index (χ2v) is 4.04. The van der Waals surface area contributed by atoms with Crippen LogP contribution in [-0.2, 0) is 0 Å². The molecule has 0 fully saturated rings. The molecule has 0 aliphatic carbocycles. The summed E-state index contributed by atoms with van der Waals surface area (Å²) in [6.45, 7) is 2.00. The SMILES string of the molecule is Cc1ccc(I)cc1C(N)CO. The van der Waals surface area contributed by atoms with Gasteiger partial charge in [0.05, 0.1) is 12.6 Å². The van der Waals surface area contributed by atoms with Gasteiger partial charge in [-0.1, -0.05) is 6.07 Å². The highest BCUT2D eigenvalue weighted by molar-refractivity contribution is 14.1. The standard InChI is InChI=1S/C9H12INO/c1-6-2-3-7(10)4-8(6)9(11)5-12/h2-4,9,12H,5,11H2,1H3. The van der Waals surface area contributed by atoms with Crippen LogP contribution in [-0.4, -0.2) is 11.7 Å². The van der Waals surface area contributed by atoms with Crippen molar-refractivity contribution in [1.82, 2.24) is 0 Å². The van der Waals surface area contributed by atoms with Crippen molar-refractivity contribution in [2.45, 2.75) is 13.0 Å². The van der Waals surface area contributed by atoms with Gasteiger partial charge in [0, 0.05) is 3.57 Å². The number of benzene rings is 1. The summed E-state index contributed by atoms with van der Waals surface area (Å²) in [6.07, 6.45) is 0. The molecule has 3 N–H and O–H groups in total. The van der Waals surface area contributed by atoms with Gasteiger partial charge in [0.1, 0.15) is 0 Å². The third-order valence-electron chi connectivity index (χ3n) is 1.84. The summed E-state index contributed by atoms with van der Waals surface area (Å²) in [5, 5.41) is 8.88. The molecule has 3 heteroatoms. The molecule has 1 atom stereocenters. The van der Waals surface area contributed by atoms with Crippen molar-refractivity contribution >= 4 is 22.6 Å². The van der Waals surface area contributed by atoms with Gasteiger partial charge in [0.25, 0.3) is 0 Å². The van der Waals surface area contributed by atoms with Crippen molar-refractivity contribution in [2.75, 3.05) is 6.61 Å². The maximum Gasteiger partial charge on any atom is 0.0624 e. The Labute approximate surface area is 85.9 Å². The average Bonchev–Trinajstić information content (AvgIpc) is 2.08. The van der Waals surface area contributed by atoms with Gasteiger partial charge in [0.2, 0.25) is 0 Å². The van der Waals surface area contributed by atoms with Gasteiger partial charge >= 0.3 is 0 Å². The zero-order chi connectivity index (χ0) is 9.14. The first-order chi connectivity index (χ1) is 5.65. The van der Waals surface area contributed by atoms with Gasteiger partial charge in [-0.15, -0.1) is 0 Å². The molecule has 0 aromatic heterocycles. The van der Waals surface area contributed by atoms with Crippen LogP contribution < -0.4 is 5.73 Å². The maximum atomic E-state index is 8.88. The minimum Gasteiger partial charge on any atom is -0.394 e. The highest BCUT2D eigenvalue weighted by atomic mass is 127. The van der Waals surface area contributed by atoms with Gasteiger partial charge in [-0.05, 0) is 52.8 Å². The van der Waals surface area contributed by atoms with Crippen molar-refractivity contribution in [1.29, 1.82) is 0 Å². The number of aryl methyl sites for hydroxylation is 1. The number of rotatable bonds is 2. The minimum atomic E-state index is -0.250. The fourth-order valence-electron chi connectivity index (χ4n) is 1.11. The number of hydrogen-bond donors (Lipinski definition) is 2. The summed E-state index contributed by atoms with van der Waals surface area (Å²) in [4.78, 5) is 0. The molecule has 1 aromatic rings. The number of aliphatic hydroxyl groups is 1. The van der Waals surface area contributed by atoms with Gasteiger partial charge in [-0.2, -0.15) is 0 Å². The van der Waals surface area contributed by atoms with Gasteiger partial charge in [-0.3, -0.25) is 0 Å². The van der Waals surface area contributed by atoms with Crippen molar-refractivity contribution < 1.29 is 5.11 Å². The van der Waals surface area contributed by atoms with Crippen molar-refractivity contribution in [2.24, 2.45) is 5.73 Å². The maximum absolute atomic E-state index is 8.88. The average molecular weight is 277 g/mol. The zero-order valence-corrected chi connectivity index (χ0v) is 9.08. The van der Waals surface area contributed by atoms with Crippen molar-refractivity contribution in [3.05, 3.63) is 32.9 Å². The van der Waals surface area contributed by atoms with Crippen LogP contribution in [0.3, 0.4) is 0 Å². The Morgan fingerprint density at radius 1 is 1.58 bits per heavy atom. The van der Waals surface area contributed by atoms with Crippen LogP contribution in [0.15, 0.2) is 18.2 Å². The first-order valence-corrected chi connectivity index (χ1v) is 4.85. The topological polar surface area (TPSA) is 46.2 Å². The fourth-order valence-corrected chi connectivity index (χ4v) is 1.62. The molecule has 1 unspecified atom stereocenters. The minimum absolute atomic E-state index is 0.000926. The van der Waals surface area contributed by atoms with E-state index >= 15 is 0 Å². The van der Waals surface area contributed by atoms with Crippen molar-refractivity contribution in [3.63, 3.8) is 0 Å². The highest BCUT2D eigenvalue weighted by Gasteiger charge is 2.07. The fraction of sp³-hybridized carbons (Fsp3) is 0.333. The molecule has 66 valence electrons. The zero-order valence-electron chi connectivity index (χ0n) is 6.92. The van der Waals surface area contributed by atoms with E-state index in [4.69, 9.17) is 10.8 Å². The van der Waals surface area contributed by atoms with Crippen LogP contribution in [0.1, 0.15) is 17.2 Å². The Bertz CT molecular complexity index is 275. The summed E-state index contributed by atoms with van der Waals surface area (Å²) in [7, 11) is 0. The molecule has 0 saturated carbocycles. The molecule has 0 aliphatic rings. The lowest BCUT2D eigenvalue weighted by Gasteiger charge is -2.11. The predicted octanol–water partition coefficient (Wildman–Crippen LogP) is 1.59. The molecule has 0 amide bonds. The Balaban J connectivity index is 3.04. The lowest BCUT2D eigenvalue weighted by molar-refractivity contribution is 0.267. The molecule has 0 saturated heterocycles. The number of halogens is 1. The molecule has 1 aromatic carbocycles. The van der Waals surface area contributed by atoms with E-state index in [9.17, 15) is 0 Å². The molecule has 0 aliphatic heterocycles. The van der Waals surface area contributed by atoms with Crippen molar-refractivity contribution in [3.8, 4) is 0 Å². The lowest BCUT2D eigenvalue weighted by Crippen LogP contribution is -2.15. The molecule has 0 spiro atoms. The molecular formula is C9H12INO. The Hall–Kier alpha value is -0.130. The molecule has 0 radical (unpaired) electrons. The van der Waals surface area contributed by atoms with E-state index in [1.54, 1.807) is 0 Å². The predicted molar refractivity (Wildman–Crippen MR) is 57.9 cm³/mol. The second kappa shape index (κ2) is 4.20. The summed E-state index contributed by atoms with van der Waals surface area (Å²) in [5.41, 5.74) is 7.88. The highest BCUT2D eigenvalue weighted by Crippen LogP contribution is 2.18. The second-order valence-electron chi connectivity index (χ2n) is 2.79. The molecule has 2 nitrogen and oxygen atoms in total. The van der Waals surface area contributed by atoms with Gasteiger partial charge < -0.3 is 10.8 Å². The first-order valence-electron chi connectivity index (χ1n) is 3.77. The Morgan fingerprint density at radius 2 is 2.25 bits per heavy atom. The Morgan fingerprint density at radius 3 is 2.83 bits per heavy atom. The van der Waals surface area contributed by atoms with E-state index in [0.29, 0.717) is 0 Å². The molecule has 0 bridgehead atoms. The van der Waals surface area contributed by atoms with Crippen LogP contribution in [0, 0.1) is 10.5 Å². The molecule has 12 heavy (non-hydrogen) atoms. The van der Waals surface area contributed by atoms with E-state index < -0.39 is 0 Å². The van der Waals surface area contributed by atoms with E-state index in [1.807, 2.05) is 25.1 Å². The number of aliphatic hydroxyl groups excluding tert-OH is 1. The normalized spacial score (nSPS) is 13.0. The quantitative estimate of drug-likeness (QED) is 0.806. The summed E-state index contributed by atoms with van der Waals surface area (Å²) < 4.78 is 1.15. The van der Waals surface area contributed by atoms with Crippen LogP contribution in [0.25, 0.3) is 0 Å². The van der Waals surface area contributed by atoms with E-state index in [2.05, 4.69) is 22.6 Å². The van der Waals surface area contributed by atoms with Crippen LogP contribution in [0.4, 0.5) is 0 Å². The molecular weight excluding hydrogens is 265 g/mol. The first kappa shape index (κ1) is 9.95. The van der Waals surface area contributed by atoms with Crippen LogP contribution >= 0.6 is 22.6 Å². The van der Waals surface area contributed by atoms with E-state index in [-0.39, 0.29) is 12.6 Å². The van der Waals surface area contributed by atoms with Gasteiger partial charge in [-0.25, -0.2) is 0 Å². The van der Waals surface area contributed by atoms with Crippen LogP contribution in [0.5, 0.6) is 0 Å². The Kier molecular flexibility index (Phi) is 3.49. The largest absolute Gasteiger partial charge is 0.394 e. The number of nitrogens with two attached hydrogens (primary N) is 1. The third-order valence-corrected chi connectivity index (χ3v) is 2.51. The summed E-state index contributed by atoms with van der Waals surface area (Å²) in [5.74, 6) is 0. The summed E-state index contributed by atoms with van der Waals surface area (Å²) in [6, 6.07) is 5.81.